The SMILES string of the molecule is CCCCCCCCN(CCCCCC)CCCC(=O)Nc1ccc(Cc2ccc(NC(=O)CCCN(CCCCCC)CCCCCCCC)cc2)cc1. The maximum atomic E-state index is 12.8. The molecule has 2 aromatic carbocycles. The maximum absolute atomic E-state index is 12.8. The molecule has 0 saturated carbocycles. The molecule has 0 aliphatic heterocycles. The van der Waals surface area contributed by atoms with Crippen molar-refractivity contribution >= 4 is 23.2 Å². The summed E-state index contributed by atoms with van der Waals surface area (Å²) in [6.45, 7) is 15.7. The van der Waals surface area contributed by atoms with Crippen LogP contribution in [0.15, 0.2) is 48.5 Å². The highest BCUT2D eigenvalue weighted by Gasteiger charge is 2.10. The zero-order valence-electron chi connectivity index (χ0n) is 36.3. The molecule has 55 heavy (non-hydrogen) atoms. The second-order valence-electron chi connectivity index (χ2n) is 16.2. The Kier molecular flexibility index (Phi) is 29.5. The van der Waals surface area contributed by atoms with E-state index in [-0.39, 0.29) is 11.8 Å². The van der Waals surface area contributed by atoms with Crippen LogP contribution >= 0.6 is 0 Å². The van der Waals surface area contributed by atoms with Crippen molar-refractivity contribution in [1.82, 2.24) is 9.80 Å². The molecule has 0 fully saturated rings. The van der Waals surface area contributed by atoms with E-state index in [1.54, 1.807) is 0 Å². The highest BCUT2D eigenvalue weighted by Crippen LogP contribution is 2.18. The zero-order chi connectivity index (χ0) is 39.6. The van der Waals surface area contributed by atoms with Crippen molar-refractivity contribution in [3.63, 3.8) is 0 Å². The van der Waals surface area contributed by atoms with Crippen molar-refractivity contribution in [1.29, 1.82) is 0 Å². The van der Waals surface area contributed by atoms with Crippen LogP contribution in [0.4, 0.5) is 11.4 Å². The number of nitrogens with zero attached hydrogens (tertiary/aromatic N) is 2. The average molecular weight is 761 g/mol. The van der Waals surface area contributed by atoms with Crippen molar-refractivity contribution < 1.29 is 9.59 Å². The van der Waals surface area contributed by atoms with Crippen molar-refractivity contribution in [3.05, 3.63) is 59.7 Å². The van der Waals surface area contributed by atoms with Gasteiger partial charge in [0.15, 0.2) is 0 Å². The molecule has 0 atom stereocenters. The van der Waals surface area contributed by atoms with E-state index in [0.717, 1.165) is 69.9 Å². The van der Waals surface area contributed by atoms with Gasteiger partial charge in [0.05, 0.1) is 0 Å². The molecule has 0 heterocycles. The minimum Gasteiger partial charge on any atom is -0.326 e. The van der Waals surface area contributed by atoms with Gasteiger partial charge in [0.1, 0.15) is 0 Å². The van der Waals surface area contributed by atoms with Crippen molar-refractivity contribution in [3.8, 4) is 0 Å². The number of nitrogens with one attached hydrogen (secondary N) is 2. The Hall–Kier alpha value is -2.70. The van der Waals surface area contributed by atoms with Crippen LogP contribution in [0.5, 0.6) is 0 Å². The topological polar surface area (TPSA) is 64.7 Å². The largest absolute Gasteiger partial charge is 0.326 e. The predicted molar refractivity (Wildman–Crippen MR) is 239 cm³/mol. The maximum Gasteiger partial charge on any atom is 0.224 e. The molecule has 0 bridgehead atoms. The number of hydrogen-bond donors (Lipinski definition) is 2. The molecular weight excluding hydrogens is 677 g/mol. The Morgan fingerprint density at radius 1 is 0.382 bits per heavy atom. The van der Waals surface area contributed by atoms with Gasteiger partial charge in [0.25, 0.3) is 0 Å². The molecule has 6 nitrogen and oxygen atoms in total. The normalized spacial score (nSPS) is 11.5. The first-order valence-corrected chi connectivity index (χ1v) is 23.2. The molecule has 2 rings (SSSR count). The molecule has 0 radical (unpaired) electrons. The lowest BCUT2D eigenvalue weighted by atomic mass is 10.0. The number of hydrogen-bond acceptors (Lipinski definition) is 4. The monoisotopic (exact) mass is 761 g/mol. The average Bonchev–Trinajstić information content (AvgIpc) is 3.18. The van der Waals surface area contributed by atoms with Gasteiger partial charge < -0.3 is 20.4 Å². The summed E-state index contributed by atoms with van der Waals surface area (Å²) in [6.07, 6.45) is 30.0. The first kappa shape index (κ1) is 48.4. The van der Waals surface area contributed by atoms with Crippen molar-refractivity contribution in [2.45, 2.75) is 188 Å². The van der Waals surface area contributed by atoms with Crippen molar-refractivity contribution in [2.24, 2.45) is 0 Å². The Bertz CT molecular complexity index is 1100. The molecule has 2 aromatic rings. The molecule has 312 valence electrons. The van der Waals surface area contributed by atoms with Gasteiger partial charge in [-0.05, 0) is 120 Å². The molecule has 0 unspecified atom stereocenters. The number of rotatable bonds is 36. The van der Waals surface area contributed by atoms with Gasteiger partial charge in [0, 0.05) is 24.2 Å². The van der Waals surface area contributed by atoms with Crippen LogP contribution in [0.25, 0.3) is 0 Å². The summed E-state index contributed by atoms with van der Waals surface area (Å²) in [5.41, 5.74) is 4.11. The van der Waals surface area contributed by atoms with Crippen LogP contribution in [-0.2, 0) is 16.0 Å². The van der Waals surface area contributed by atoms with Crippen LogP contribution in [0.2, 0.25) is 0 Å². The van der Waals surface area contributed by atoms with Gasteiger partial charge >= 0.3 is 0 Å². The quantitative estimate of drug-likeness (QED) is 0.0679. The summed E-state index contributed by atoms with van der Waals surface area (Å²) in [4.78, 5) is 30.8. The minimum absolute atomic E-state index is 0.101. The first-order chi connectivity index (χ1) is 27.0. The van der Waals surface area contributed by atoms with E-state index in [0.29, 0.717) is 12.8 Å². The van der Waals surface area contributed by atoms with E-state index >= 15 is 0 Å². The van der Waals surface area contributed by atoms with Gasteiger partial charge in [-0.1, -0.05) is 155 Å². The van der Waals surface area contributed by atoms with E-state index in [9.17, 15) is 9.59 Å². The van der Waals surface area contributed by atoms with Crippen LogP contribution in [0.1, 0.15) is 193 Å². The standard InChI is InChI=1S/C49H84N4O2/c1-5-9-13-17-19-23-39-52(37-21-15-11-7-3)41-25-27-48(54)50-46-33-29-44(30-34-46)43-45-31-35-47(36-32-45)51-49(55)28-26-42-53(38-22-16-12-8-4)40-24-20-18-14-10-6-2/h29-36H,5-28,37-43H2,1-4H3,(H,50,54)(H,51,55). The predicted octanol–water partition coefficient (Wildman–Crippen LogP) is 13.2. The second kappa shape index (κ2) is 33.4. The summed E-state index contributed by atoms with van der Waals surface area (Å²) < 4.78 is 0. The van der Waals surface area contributed by atoms with Crippen LogP contribution in [0.3, 0.4) is 0 Å². The molecule has 2 N–H and O–H groups in total. The lowest BCUT2D eigenvalue weighted by Crippen LogP contribution is -2.28. The molecule has 6 heteroatoms. The molecule has 0 saturated heterocycles. The number of carbonyl (C=O) groups is 2. The summed E-state index contributed by atoms with van der Waals surface area (Å²) in [5.74, 6) is 0.201. The Balaban J connectivity index is 1.71. The van der Waals surface area contributed by atoms with Crippen molar-refractivity contribution in [2.75, 3.05) is 49.9 Å². The molecular formula is C49H84N4O2. The van der Waals surface area contributed by atoms with Gasteiger partial charge in [-0.15, -0.1) is 0 Å². The number of anilines is 2. The molecule has 0 aliphatic rings. The fraction of sp³-hybridized carbons (Fsp3) is 0.714. The van der Waals surface area contributed by atoms with Gasteiger partial charge in [0.2, 0.25) is 11.8 Å². The minimum atomic E-state index is 0.101. The Morgan fingerprint density at radius 2 is 0.655 bits per heavy atom. The van der Waals surface area contributed by atoms with Gasteiger partial charge in [-0.3, -0.25) is 9.59 Å². The summed E-state index contributed by atoms with van der Waals surface area (Å²) in [5, 5.41) is 6.23. The zero-order valence-corrected chi connectivity index (χ0v) is 36.3. The molecule has 0 aromatic heterocycles. The third-order valence-electron chi connectivity index (χ3n) is 11.0. The molecule has 2 amide bonds. The van der Waals surface area contributed by atoms with E-state index in [1.807, 2.05) is 24.3 Å². The second-order valence-corrected chi connectivity index (χ2v) is 16.2. The van der Waals surface area contributed by atoms with E-state index in [4.69, 9.17) is 0 Å². The lowest BCUT2D eigenvalue weighted by molar-refractivity contribution is -0.117. The molecule has 0 aliphatic carbocycles. The third-order valence-corrected chi connectivity index (χ3v) is 11.0. The highest BCUT2D eigenvalue weighted by atomic mass is 16.2. The smallest absolute Gasteiger partial charge is 0.224 e. The summed E-state index contributed by atoms with van der Waals surface area (Å²) in [6, 6.07) is 16.5. The van der Waals surface area contributed by atoms with Crippen LogP contribution in [-0.4, -0.2) is 60.9 Å². The Labute approximate surface area is 339 Å². The van der Waals surface area contributed by atoms with Gasteiger partial charge in [-0.25, -0.2) is 0 Å². The highest BCUT2D eigenvalue weighted by molar-refractivity contribution is 5.91. The number of carbonyl (C=O) groups excluding carboxylic acids is 2. The summed E-state index contributed by atoms with van der Waals surface area (Å²) in [7, 11) is 0. The number of amides is 2. The summed E-state index contributed by atoms with van der Waals surface area (Å²) >= 11 is 0. The first-order valence-electron chi connectivity index (χ1n) is 23.2. The van der Waals surface area contributed by atoms with Crippen LogP contribution < -0.4 is 10.6 Å². The Morgan fingerprint density at radius 3 is 0.982 bits per heavy atom. The fourth-order valence-corrected chi connectivity index (χ4v) is 7.45. The number of unbranched alkanes of at least 4 members (excludes halogenated alkanes) is 16. The van der Waals surface area contributed by atoms with Crippen LogP contribution in [0, 0.1) is 0 Å². The van der Waals surface area contributed by atoms with E-state index < -0.39 is 0 Å². The van der Waals surface area contributed by atoms with E-state index in [2.05, 4.69) is 72.4 Å². The third kappa shape index (κ3) is 26.0. The van der Waals surface area contributed by atoms with Gasteiger partial charge in [-0.2, -0.15) is 0 Å². The number of benzene rings is 2. The fourth-order valence-electron chi connectivity index (χ4n) is 7.45. The van der Waals surface area contributed by atoms with E-state index in [1.165, 1.54) is 140 Å². The molecule has 0 spiro atoms. The lowest BCUT2D eigenvalue weighted by Gasteiger charge is -2.22.